The molecule has 0 radical (unpaired) electrons. The molecule has 0 saturated carbocycles. The molecule has 0 bridgehead atoms. The van der Waals surface area contributed by atoms with Gasteiger partial charge in [-0.25, -0.2) is 10.1 Å². The molecule has 24 heavy (non-hydrogen) atoms. The first-order chi connectivity index (χ1) is 11.6. The van der Waals surface area contributed by atoms with Crippen LogP contribution in [0.15, 0.2) is 35.3 Å². The van der Waals surface area contributed by atoms with Gasteiger partial charge in [0.1, 0.15) is 5.82 Å². The zero-order valence-electron chi connectivity index (χ0n) is 13.6. The van der Waals surface area contributed by atoms with Crippen LogP contribution in [0.5, 0.6) is 0 Å². The summed E-state index contributed by atoms with van der Waals surface area (Å²) in [4.78, 5) is 31.6. The van der Waals surface area contributed by atoms with Gasteiger partial charge < -0.3 is 10.3 Å². The predicted molar refractivity (Wildman–Crippen MR) is 90.6 cm³/mol. The number of rotatable bonds is 5. The molecule has 1 atom stereocenters. The summed E-state index contributed by atoms with van der Waals surface area (Å²) >= 11 is 0. The number of H-pyrrole nitrogens is 2. The van der Waals surface area contributed by atoms with Gasteiger partial charge in [0.2, 0.25) is 5.91 Å². The molecule has 0 aliphatic rings. The van der Waals surface area contributed by atoms with Crippen molar-refractivity contribution in [1.29, 1.82) is 0 Å². The van der Waals surface area contributed by atoms with Gasteiger partial charge in [0, 0.05) is 17.3 Å². The molecule has 7 heteroatoms. The van der Waals surface area contributed by atoms with Gasteiger partial charge in [0.05, 0.1) is 23.5 Å². The minimum absolute atomic E-state index is 0.0908. The predicted octanol–water partition coefficient (Wildman–Crippen LogP) is 1.76. The van der Waals surface area contributed by atoms with E-state index in [2.05, 4.69) is 25.5 Å². The van der Waals surface area contributed by atoms with Crippen LogP contribution in [0.25, 0.3) is 10.8 Å². The number of nitrogens with zero attached hydrogens (tertiary/aromatic N) is 2. The van der Waals surface area contributed by atoms with E-state index in [9.17, 15) is 9.59 Å². The number of hydrogen-bond donors (Lipinski definition) is 3. The maximum Gasteiger partial charge on any atom is 0.272 e. The lowest BCUT2D eigenvalue weighted by Crippen LogP contribution is -2.30. The average Bonchev–Trinajstić information content (AvgIpc) is 3.02. The number of imidazole rings is 1. The third-order valence-corrected chi connectivity index (χ3v) is 3.90. The fourth-order valence-electron chi connectivity index (χ4n) is 2.68. The highest BCUT2D eigenvalue weighted by molar-refractivity contribution is 5.88. The summed E-state index contributed by atoms with van der Waals surface area (Å²) in [6.45, 7) is 3.90. The Balaban J connectivity index is 1.80. The van der Waals surface area contributed by atoms with Gasteiger partial charge in [-0.3, -0.25) is 9.59 Å². The SMILES string of the molecule is CCC(NC(=O)Cc1n[nH]c(=O)c2ccccc12)c1ncc(C)[nH]1. The minimum Gasteiger partial charge on any atom is -0.346 e. The fraction of sp³-hybridized carbons (Fsp3) is 0.294. The maximum atomic E-state index is 12.4. The number of aromatic amines is 2. The average molecular weight is 325 g/mol. The highest BCUT2D eigenvalue weighted by Gasteiger charge is 2.17. The van der Waals surface area contributed by atoms with Crippen LogP contribution in [0.2, 0.25) is 0 Å². The first kappa shape index (κ1) is 15.9. The smallest absolute Gasteiger partial charge is 0.272 e. The number of benzene rings is 1. The second-order valence-electron chi connectivity index (χ2n) is 5.70. The van der Waals surface area contributed by atoms with Crippen molar-refractivity contribution in [1.82, 2.24) is 25.5 Å². The second-order valence-corrected chi connectivity index (χ2v) is 5.70. The van der Waals surface area contributed by atoms with Crippen molar-refractivity contribution >= 4 is 16.7 Å². The normalized spacial score (nSPS) is 12.2. The molecule has 1 amide bonds. The van der Waals surface area contributed by atoms with Crippen LogP contribution in [0.4, 0.5) is 0 Å². The third kappa shape index (κ3) is 3.19. The van der Waals surface area contributed by atoms with Crippen molar-refractivity contribution in [2.75, 3.05) is 0 Å². The number of hydrogen-bond acceptors (Lipinski definition) is 4. The molecule has 3 rings (SSSR count). The number of carbonyl (C=O) groups excluding carboxylic acids is 1. The molecular formula is C17H19N5O2. The monoisotopic (exact) mass is 325 g/mol. The van der Waals surface area contributed by atoms with Crippen LogP contribution in [0.1, 0.15) is 36.6 Å². The van der Waals surface area contributed by atoms with E-state index in [1.165, 1.54) is 0 Å². The van der Waals surface area contributed by atoms with E-state index in [-0.39, 0.29) is 23.9 Å². The summed E-state index contributed by atoms with van der Waals surface area (Å²) in [6, 6.07) is 6.95. The molecule has 1 aromatic carbocycles. The summed E-state index contributed by atoms with van der Waals surface area (Å²) in [5.74, 6) is 0.572. The van der Waals surface area contributed by atoms with Gasteiger partial charge >= 0.3 is 0 Å². The molecule has 0 spiro atoms. The number of carbonyl (C=O) groups is 1. The lowest BCUT2D eigenvalue weighted by Gasteiger charge is -2.15. The molecule has 3 N–H and O–H groups in total. The highest BCUT2D eigenvalue weighted by atomic mass is 16.1. The Kier molecular flexibility index (Phi) is 4.41. The van der Waals surface area contributed by atoms with Crippen molar-refractivity contribution < 1.29 is 4.79 Å². The molecule has 7 nitrogen and oxygen atoms in total. The molecule has 2 heterocycles. The Morgan fingerprint density at radius 3 is 2.71 bits per heavy atom. The molecule has 1 unspecified atom stereocenters. The largest absolute Gasteiger partial charge is 0.346 e. The van der Waals surface area contributed by atoms with Crippen LogP contribution in [0.3, 0.4) is 0 Å². The topological polar surface area (TPSA) is 104 Å². The molecular weight excluding hydrogens is 306 g/mol. The molecule has 124 valence electrons. The summed E-state index contributed by atoms with van der Waals surface area (Å²) in [7, 11) is 0. The first-order valence-corrected chi connectivity index (χ1v) is 7.85. The van der Waals surface area contributed by atoms with Crippen LogP contribution in [0, 0.1) is 6.92 Å². The maximum absolute atomic E-state index is 12.4. The zero-order chi connectivity index (χ0) is 17.1. The van der Waals surface area contributed by atoms with E-state index in [1.54, 1.807) is 24.4 Å². The van der Waals surface area contributed by atoms with Crippen molar-refractivity contribution in [2.45, 2.75) is 32.7 Å². The quantitative estimate of drug-likeness (QED) is 0.665. The summed E-state index contributed by atoms with van der Waals surface area (Å²) < 4.78 is 0. The molecule has 2 aromatic heterocycles. The van der Waals surface area contributed by atoms with Gasteiger partial charge in [0.15, 0.2) is 0 Å². The van der Waals surface area contributed by atoms with Gasteiger partial charge in [-0.2, -0.15) is 5.10 Å². The first-order valence-electron chi connectivity index (χ1n) is 7.85. The van der Waals surface area contributed by atoms with Gasteiger partial charge in [-0.15, -0.1) is 0 Å². The number of fused-ring (bicyclic) bond motifs is 1. The van der Waals surface area contributed by atoms with Crippen molar-refractivity contribution in [3.8, 4) is 0 Å². The van der Waals surface area contributed by atoms with E-state index < -0.39 is 0 Å². The summed E-state index contributed by atoms with van der Waals surface area (Å²) in [6.07, 6.45) is 2.55. The molecule has 0 aliphatic carbocycles. The molecule has 0 fully saturated rings. The highest BCUT2D eigenvalue weighted by Crippen LogP contribution is 2.15. The Hall–Kier alpha value is -2.96. The molecule has 0 aliphatic heterocycles. The summed E-state index contributed by atoms with van der Waals surface area (Å²) in [5.41, 5.74) is 1.24. The van der Waals surface area contributed by atoms with Crippen molar-refractivity contribution in [3.63, 3.8) is 0 Å². The lowest BCUT2D eigenvalue weighted by atomic mass is 10.1. The Morgan fingerprint density at radius 1 is 1.29 bits per heavy atom. The standard InChI is InChI=1S/C17H19N5O2/c1-3-13(16-18-9-10(2)19-16)20-15(23)8-14-11-6-4-5-7-12(11)17(24)22-21-14/h4-7,9,13H,3,8H2,1-2H3,(H,18,19)(H,20,23)(H,22,24). The number of amides is 1. The van der Waals surface area contributed by atoms with E-state index >= 15 is 0 Å². The molecule has 3 aromatic rings. The van der Waals surface area contributed by atoms with E-state index in [1.807, 2.05) is 19.9 Å². The number of nitrogens with one attached hydrogen (secondary N) is 3. The fourth-order valence-corrected chi connectivity index (χ4v) is 2.68. The van der Waals surface area contributed by atoms with Crippen LogP contribution in [-0.2, 0) is 11.2 Å². The van der Waals surface area contributed by atoms with E-state index in [0.717, 1.165) is 17.9 Å². The van der Waals surface area contributed by atoms with Crippen molar-refractivity contribution in [2.24, 2.45) is 0 Å². The Bertz CT molecular complexity index is 928. The van der Waals surface area contributed by atoms with Gasteiger partial charge in [0.25, 0.3) is 5.56 Å². The van der Waals surface area contributed by atoms with E-state index in [0.29, 0.717) is 16.5 Å². The third-order valence-electron chi connectivity index (χ3n) is 3.90. The van der Waals surface area contributed by atoms with Gasteiger partial charge in [-0.05, 0) is 19.4 Å². The van der Waals surface area contributed by atoms with Crippen LogP contribution in [-0.4, -0.2) is 26.1 Å². The van der Waals surface area contributed by atoms with Crippen LogP contribution >= 0.6 is 0 Å². The molecule has 0 saturated heterocycles. The second kappa shape index (κ2) is 6.66. The Morgan fingerprint density at radius 2 is 2.04 bits per heavy atom. The Labute approximate surface area is 138 Å². The number of aromatic nitrogens is 4. The van der Waals surface area contributed by atoms with Crippen LogP contribution < -0.4 is 10.9 Å². The van der Waals surface area contributed by atoms with E-state index in [4.69, 9.17) is 0 Å². The lowest BCUT2D eigenvalue weighted by molar-refractivity contribution is -0.121. The zero-order valence-corrected chi connectivity index (χ0v) is 13.6. The van der Waals surface area contributed by atoms with Crippen molar-refractivity contribution in [3.05, 3.63) is 58.0 Å². The summed E-state index contributed by atoms with van der Waals surface area (Å²) in [5, 5.41) is 10.7. The number of aryl methyl sites for hydroxylation is 1. The van der Waals surface area contributed by atoms with Gasteiger partial charge in [-0.1, -0.05) is 25.1 Å². The minimum atomic E-state index is -0.257.